The Balaban J connectivity index is 2.39. The molecule has 0 atom stereocenters. The Hall–Kier alpha value is -0.960. The molecule has 2 heterocycles. The molecule has 49 valence electrons. The third kappa shape index (κ3) is 0.885. The maximum atomic E-state index is 4.17. The van der Waals surface area contributed by atoms with E-state index in [0.29, 0.717) is 0 Å². The lowest BCUT2D eigenvalue weighted by molar-refractivity contribution is 1.12. The van der Waals surface area contributed by atoms with Gasteiger partial charge in [-0.1, -0.05) is 0 Å². The number of aliphatic imine (C=N–C) groups is 1. The molecule has 0 spiro atoms. The van der Waals surface area contributed by atoms with E-state index in [2.05, 4.69) is 10.3 Å². The summed E-state index contributed by atoms with van der Waals surface area (Å²) in [5.74, 6) is 0. The average Bonchev–Trinajstić information content (AvgIpc) is 2.05. The van der Waals surface area contributed by atoms with E-state index in [1.54, 1.807) is 18.0 Å². The first-order valence-corrected chi connectivity index (χ1v) is 3.88. The Bertz CT molecular complexity index is 235. The molecule has 3 heteroatoms. The highest BCUT2D eigenvalue weighted by Crippen LogP contribution is 2.15. The van der Waals surface area contributed by atoms with Crippen LogP contribution in [0.4, 0.5) is 0 Å². The van der Waals surface area contributed by atoms with Crippen molar-refractivity contribution in [2.45, 2.75) is 0 Å². The van der Waals surface area contributed by atoms with E-state index in [1.807, 2.05) is 23.8 Å². The molecule has 2 aliphatic heterocycles. The third-order valence-corrected chi connectivity index (χ3v) is 2.08. The topological polar surface area (TPSA) is 26.1 Å². The quantitative estimate of drug-likeness (QED) is 0.556. The fourth-order valence-electron chi connectivity index (χ4n) is 0.817. The Morgan fingerprint density at radius 3 is 3.40 bits per heavy atom. The van der Waals surface area contributed by atoms with E-state index in [9.17, 15) is 0 Å². The first-order valence-electron chi connectivity index (χ1n) is 3.00. The second kappa shape index (κ2) is 2.34. The zero-order chi connectivity index (χ0) is 6.81. The largest absolute Gasteiger partial charge is 0.355 e. The van der Waals surface area contributed by atoms with Gasteiger partial charge in [0.05, 0.1) is 4.99 Å². The van der Waals surface area contributed by atoms with Gasteiger partial charge in [0.2, 0.25) is 6.20 Å². The highest BCUT2D eigenvalue weighted by Gasteiger charge is 2.19. The molecule has 0 unspecified atom stereocenters. The summed E-state index contributed by atoms with van der Waals surface area (Å²) in [5, 5.41) is 6.13. The van der Waals surface area contributed by atoms with Crippen LogP contribution in [0.15, 0.2) is 35.7 Å². The second-order valence-corrected chi connectivity index (χ2v) is 2.82. The van der Waals surface area contributed by atoms with Crippen LogP contribution in [0.2, 0.25) is 0 Å². The standard InChI is InChI=1S/C7H6N2S/c1-2-6-7(9-3-1)10-5-4-8-6/h1-5,8H/q+1. The zero-order valence-corrected chi connectivity index (χ0v) is 6.06. The molecule has 0 aliphatic carbocycles. The van der Waals surface area contributed by atoms with Gasteiger partial charge in [0.25, 0.3) is 0 Å². The van der Waals surface area contributed by atoms with E-state index in [4.69, 9.17) is 0 Å². The molecule has 0 bridgehead atoms. The highest BCUT2D eigenvalue weighted by molar-refractivity contribution is 8.16. The van der Waals surface area contributed by atoms with Crippen LogP contribution in [0.5, 0.6) is 0 Å². The molecule has 0 aromatic heterocycles. The van der Waals surface area contributed by atoms with Crippen LogP contribution in [-0.2, 0) is 0 Å². The van der Waals surface area contributed by atoms with Crippen LogP contribution >= 0.6 is 11.8 Å². The van der Waals surface area contributed by atoms with Crippen LogP contribution in [-0.4, -0.2) is 5.04 Å². The number of hydrogen-bond acceptors (Lipinski definition) is 3. The van der Waals surface area contributed by atoms with Crippen molar-refractivity contribution >= 4 is 16.8 Å². The van der Waals surface area contributed by atoms with Gasteiger partial charge >= 0.3 is 5.04 Å². The lowest BCUT2D eigenvalue weighted by atomic mass is 10.3. The van der Waals surface area contributed by atoms with Crippen molar-refractivity contribution in [2.24, 2.45) is 0 Å². The predicted molar refractivity (Wildman–Crippen MR) is 44.2 cm³/mol. The number of fused-ring (bicyclic) bond motifs is 1. The summed E-state index contributed by atoms with van der Waals surface area (Å²) < 4.78 is 0. The number of nitrogens with zero attached hydrogens (tertiary/aromatic N) is 1. The molecule has 0 saturated heterocycles. The molecule has 2 aliphatic rings. The van der Waals surface area contributed by atoms with E-state index >= 15 is 0 Å². The van der Waals surface area contributed by atoms with Gasteiger partial charge in [-0.25, -0.2) is 0 Å². The molecule has 0 amide bonds. The first kappa shape index (κ1) is 5.80. The van der Waals surface area contributed by atoms with E-state index in [0.717, 1.165) is 10.7 Å². The van der Waals surface area contributed by atoms with Crippen molar-refractivity contribution in [3.05, 3.63) is 35.7 Å². The number of nitrogens with one attached hydrogen (secondary N) is 1. The predicted octanol–water partition coefficient (Wildman–Crippen LogP) is 0.939. The van der Waals surface area contributed by atoms with Crippen LogP contribution in [0.1, 0.15) is 0 Å². The van der Waals surface area contributed by atoms with Gasteiger partial charge in [-0.3, -0.25) is 0 Å². The van der Waals surface area contributed by atoms with Gasteiger partial charge in [0.15, 0.2) is 0 Å². The molecule has 0 fully saturated rings. The van der Waals surface area contributed by atoms with Crippen molar-refractivity contribution in [3.8, 4) is 0 Å². The minimum atomic E-state index is 1.05. The van der Waals surface area contributed by atoms with Gasteiger partial charge in [-0.2, -0.15) is 0 Å². The molecule has 1 radical (unpaired) electrons. The summed E-state index contributed by atoms with van der Waals surface area (Å²) >= 11 is 1.63. The van der Waals surface area contributed by atoms with Crippen LogP contribution in [0.25, 0.3) is 0 Å². The van der Waals surface area contributed by atoms with Gasteiger partial charge in [-0.05, 0) is 23.2 Å². The number of thioether (sulfide) groups is 1. The van der Waals surface area contributed by atoms with Gasteiger partial charge in [0.1, 0.15) is 5.70 Å². The van der Waals surface area contributed by atoms with Crippen molar-refractivity contribution in [2.75, 3.05) is 0 Å². The minimum absolute atomic E-state index is 1.05. The van der Waals surface area contributed by atoms with E-state index < -0.39 is 0 Å². The molecule has 1 N–H and O–H groups in total. The summed E-state index contributed by atoms with van der Waals surface area (Å²) in [6.45, 7) is 0. The molecule has 2 rings (SSSR count). The Kier molecular flexibility index (Phi) is 1.36. The summed E-state index contributed by atoms with van der Waals surface area (Å²) in [6, 6.07) is 0. The Morgan fingerprint density at radius 2 is 2.50 bits per heavy atom. The Morgan fingerprint density at radius 1 is 1.50 bits per heavy atom. The van der Waals surface area contributed by atoms with Crippen molar-refractivity contribution in [1.29, 1.82) is 0 Å². The van der Waals surface area contributed by atoms with Gasteiger partial charge in [-0.15, -0.1) is 0 Å². The molecule has 0 aromatic carbocycles. The Labute approximate surface area is 63.4 Å². The zero-order valence-electron chi connectivity index (χ0n) is 5.24. The van der Waals surface area contributed by atoms with Gasteiger partial charge in [0, 0.05) is 12.3 Å². The minimum Gasteiger partial charge on any atom is -0.355 e. The molecule has 0 aromatic rings. The van der Waals surface area contributed by atoms with Crippen molar-refractivity contribution in [1.82, 2.24) is 10.3 Å². The van der Waals surface area contributed by atoms with Crippen LogP contribution < -0.4 is 10.3 Å². The lowest BCUT2D eigenvalue weighted by Gasteiger charge is -2.05. The number of allylic oxidation sites excluding steroid dienone is 2. The normalized spacial score (nSPS) is 20.8. The van der Waals surface area contributed by atoms with Gasteiger partial charge < -0.3 is 5.32 Å². The smallest absolute Gasteiger partial charge is 0.338 e. The summed E-state index contributed by atoms with van der Waals surface area (Å²) in [6.07, 6.45) is 7.64. The van der Waals surface area contributed by atoms with Crippen LogP contribution in [0.3, 0.4) is 0 Å². The second-order valence-electron chi connectivity index (χ2n) is 1.92. The van der Waals surface area contributed by atoms with E-state index in [-0.39, 0.29) is 0 Å². The lowest BCUT2D eigenvalue weighted by Crippen LogP contribution is -2.19. The first-order chi connectivity index (χ1) is 4.97. The fraction of sp³-hybridized carbons (Fsp3) is 0. The summed E-state index contributed by atoms with van der Waals surface area (Å²) in [4.78, 5) is 4.17. The maximum absolute atomic E-state index is 4.17. The molecular formula is C7H6N2S+. The molecule has 2 nitrogen and oxygen atoms in total. The summed E-state index contributed by atoms with van der Waals surface area (Å²) in [7, 11) is 0. The average molecular weight is 150 g/mol. The number of rotatable bonds is 0. The van der Waals surface area contributed by atoms with Crippen LogP contribution in [0, 0.1) is 0 Å². The highest BCUT2D eigenvalue weighted by atomic mass is 32.2. The third-order valence-electron chi connectivity index (χ3n) is 1.26. The maximum Gasteiger partial charge on any atom is 0.338 e. The molecular weight excluding hydrogens is 144 g/mol. The molecule has 10 heavy (non-hydrogen) atoms. The summed E-state index contributed by atoms with van der Waals surface area (Å²) in [5.41, 5.74) is 1.09. The molecule has 0 saturated carbocycles. The number of hydrogen-bond donors (Lipinski definition) is 1. The van der Waals surface area contributed by atoms with E-state index in [1.165, 1.54) is 0 Å². The fourth-order valence-corrected chi connectivity index (χ4v) is 1.46. The van der Waals surface area contributed by atoms with Crippen molar-refractivity contribution < 1.29 is 0 Å². The van der Waals surface area contributed by atoms with Crippen molar-refractivity contribution in [3.63, 3.8) is 0 Å². The monoisotopic (exact) mass is 150 g/mol. The SMILES string of the molecule is C1=C[N+]=C2SC=CNC2=C1.